The Morgan fingerprint density at radius 2 is 1.06 bits per heavy atom. The predicted molar refractivity (Wildman–Crippen MR) is 209 cm³/mol. The highest BCUT2D eigenvalue weighted by Crippen LogP contribution is 2.40. The molecule has 0 aliphatic carbocycles. The van der Waals surface area contributed by atoms with Crippen molar-refractivity contribution in [2.24, 2.45) is 0 Å². The Bertz CT molecular complexity index is 3150. The summed E-state index contributed by atoms with van der Waals surface area (Å²) in [6.07, 6.45) is 0. The van der Waals surface area contributed by atoms with E-state index in [-0.39, 0.29) is 58.1 Å². The van der Waals surface area contributed by atoms with Crippen LogP contribution >= 0.6 is 11.3 Å². The molecule has 4 nitrogen and oxygen atoms in total. The molecule has 5 heteroatoms. The molecule has 0 bridgehead atoms. The quantitative estimate of drug-likeness (QED) is 0.184. The minimum atomic E-state index is -0.166. The second kappa shape index (κ2) is 11.6. The van der Waals surface area contributed by atoms with Gasteiger partial charge in [0.25, 0.3) is 0 Å². The lowest BCUT2D eigenvalue weighted by molar-refractivity contribution is 1.07. The van der Waals surface area contributed by atoms with E-state index in [4.69, 9.17) is 23.2 Å². The fraction of sp³-hybridized carbons (Fsp3) is 0. The summed E-state index contributed by atoms with van der Waals surface area (Å²) in [6, 6.07) is 41.9. The first-order valence-electron chi connectivity index (χ1n) is 19.2. The Kier molecular flexibility index (Phi) is 5.35. The molecule has 3 aromatic heterocycles. The van der Waals surface area contributed by atoms with E-state index in [9.17, 15) is 0 Å². The predicted octanol–water partition coefficient (Wildman–Crippen LogP) is 12.0. The molecular weight excluding hydrogens is 629 g/mol. The monoisotopic (exact) mass is 662 g/mol. The molecule has 0 saturated heterocycles. The highest BCUT2D eigenvalue weighted by Gasteiger charge is 2.19. The van der Waals surface area contributed by atoms with Gasteiger partial charge in [-0.2, -0.15) is 0 Å². The van der Waals surface area contributed by atoms with Crippen LogP contribution in [0.3, 0.4) is 0 Å². The van der Waals surface area contributed by atoms with E-state index < -0.39 is 0 Å². The van der Waals surface area contributed by atoms with Crippen molar-refractivity contribution in [2.75, 3.05) is 0 Å². The summed E-state index contributed by atoms with van der Waals surface area (Å²) in [7, 11) is 0. The Morgan fingerprint density at radius 1 is 0.460 bits per heavy atom. The maximum atomic E-state index is 9.09. The van der Waals surface area contributed by atoms with Gasteiger partial charge >= 0.3 is 0 Å². The average molecular weight is 663 g/mol. The lowest BCUT2D eigenvalue weighted by Gasteiger charge is -2.14. The average Bonchev–Trinajstić information content (AvgIpc) is 3.80. The van der Waals surface area contributed by atoms with Gasteiger partial charge < -0.3 is 4.57 Å². The van der Waals surface area contributed by atoms with Gasteiger partial charge in [-0.15, -0.1) is 11.3 Å². The van der Waals surface area contributed by atoms with Crippen LogP contribution in [0.5, 0.6) is 0 Å². The number of aromatic nitrogens is 4. The molecule has 10 rings (SSSR count). The number of para-hydroxylation sites is 2. The molecule has 0 N–H and O–H groups in total. The van der Waals surface area contributed by atoms with Crippen molar-refractivity contribution in [3.63, 3.8) is 0 Å². The third kappa shape index (κ3) is 4.71. The molecule has 0 saturated carbocycles. The topological polar surface area (TPSA) is 43.6 Å². The minimum absolute atomic E-state index is 0.0286. The lowest BCUT2D eigenvalue weighted by atomic mass is 10.0. The Morgan fingerprint density at radius 3 is 1.80 bits per heavy atom. The van der Waals surface area contributed by atoms with Gasteiger partial charge in [0.05, 0.1) is 19.3 Å². The van der Waals surface area contributed by atoms with Crippen molar-refractivity contribution in [1.29, 1.82) is 0 Å². The van der Waals surface area contributed by atoms with Crippen molar-refractivity contribution < 1.29 is 8.22 Å². The van der Waals surface area contributed by atoms with Crippen molar-refractivity contribution in [3.8, 4) is 51.0 Å². The van der Waals surface area contributed by atoms with Crippen LogP contribution in [0.1, 0.15) is 8.22 Å². The van der Waals surface area contributed by atoms with Gasteiger partial charge in [-0.05, 0) is 53.5 Å². The van der Waals surface area contributed by atoms with Crippen LogP contribution < -0.4 is 0 Å². The molecule has 50 heavy (non-hydrogen) atoms. The van der Waals surface area contributed by atoms with E-state index in [0.717, 1.165) is 37.7 Å². The highest BCUT2D eigenvalue weighted by molar-refractivity contribution is 7.25. The summed E-state index contributed by atoms with van der Waals surface area (Å²) < 4.78 is 57.0. The second-order valence-electron chi connectivity index (χ2n) is 12.0. The van der Waals surface area contributed by atoms with Crippen LogP contribution in [0.4, 0.5) is 0 Å². The van der Waals surface area contributed by atoms with Gasteiger partial charge in [0, 0.05) is 53.3 Å². The number of thiophene rings is 1. The van der Waals surface area contributed by atoms with E-state index in [0.29, 0.717) is 28.7 Å². The Hall–Kier alpha value is -6.43. The molecule has 0 radical (unpaired) electrons. The summed E-state index contributed by atoms with van der Waals surface area (Å²) in [5, 5.41) is 2.58. The third-order valence-corrected chi connectivity index (χ3v) is 10.1. The molecule has 0 spiro atoms. The SMILES string of the molecule is [2H]c1cc([2H])c2c(c1[2H])c1c([2H])c([2H])cc([2H])c1n2-c1cc(-c2ccccc2)cc(-c2nc(-c3ccccc3)nc(-c3cccc4sc5ccccc5c34)n2)c1. The van der Waals surface area contributed by atoms with Gasteiger partial charge in [-0.1, -0.05) is 127 Å². The number of hydrogen-bond donors (Lipinski definition) is 0. The van der Waals surface area contributed by atoms with Gasteiger partial charge in [0.2, 0.25) is 0 Å². The first-order chi connectivity index (χ1) is 27.2. The van der Waals surface area contributed by atoms with Gasteiger partial charge in [0.1, 0.15) is 0 Å². The summed E-state index contributed by atoms with van der Waals surface area (Å²) in [5.74, 6) is 1.42. The number of rotatable bonds is 5. The first kappa shape index (κ1) is 23.0. The maximum absolute atomic E-state index is 9.09. The molecule has 7 aromatic carbocycles. The largest absolute Gasteiger partial charge is 0.309 e. The second-order valence-corrected chi connectivity index (χ2v) is 13.1. The van der Waals surface area contributed by atoms with E-state index in [1.807, 2.05) is 103 Å². The smallest absolute Gasteiger partial charge is 0.164 e. The zero-order chi connectivity index (χ0) is 38.2. The number of fused-ring (bicyclic) bond motifs is 6. The standard InChI is InChI=1S/C45H28N4S/c1-3-14-29(15-4-1)31-26-32(28-33(27-31)49-38-22-10-7-18-34(38)35-19-8-11-23-39(35)49)44-46-43(30-16-5-2-6-17-30)47-45(48-44)37-21-13-25-41-42(37)36-20-9-12-24-40(36)50-41/h1-28H/i7D,8D,18D,19D,22D,23D. The van der Waals surface area contributed by atoms with Gasteiger partial charge in [0.15, 0.2) is 17.5 Å². The zero-order valence-corrected chi connectivity index (χ0v) is 27.2. The number of nitrogens with zero attached hydrogens (tertiary/aromatic N) is 4. The van der Waals surface area contributed by atoms with Crippen LogP contribution in [0.2, 0.25) is 0 Å². The fourth-order valence-electron chi connectivity index (χ4n) is 6.74. The van der Waals surface area contributed by atoms with Crippen LogP contribution in [0.25, 0.3) is 93.0 Å². The van der Waals surface area contributed by atoms with E-state index >= 15 is 0 Å². The summed E-state index contributed by atoms with van der Waals surface area (Å²) in [5.41, 5.74) is 5.17. The lowest BCUT2D eigenvalue weighted by Crippen LogP contribution is -2.02. The van der Waals surface area contributed by atoms with Gasteiger partial charge in [-0.3, -0.25) is 0 Å². The van der Waals surface area contributed by atoms with Gasteiger partial charge in [-0.25, -0.2) is 15.0 Å². The molecule has 0 unspecified atom stereocenters. The molecule has 3 heterocycles. The highest BCUT2D eigenvalue weighted by atomic mass is 32.1. The summed E-state index contributed by atoms with van der Waals surface area (Å²) in [4.78, 5) is 15.4. The molecule has 10 aromatic rings. The van der Waals surface area contributed by atoms with Crippen LogP contribution in [0.15, 0.2) is 170 Å². The summed E-state index contributed by atoms with van der Waals surface area (Å²) in [6.45, 7) is 0. The van der Waals surface area contributed by atoms with Crippen LogP contribution in [0, 0.1) is 0 Å². The Balaban J connectivity index is 1.31. The fourth-order valence-corrected chi connectivity index (χ4v) is 7.87. The third-order valence-electron chi connectivity index (χ3n) is 8.98. The molecule has 234 valence electrons. The molecule has 0 aliphatic rings. The van der Waals surface area contributed by atoms with Crippen LogP contribution in [-0.4, -0.2) is 19.5 Å². The zero-order valence-electron chi connectivity index (χ0n) is 32.4. The van der Waals surface area contributed by atoms with E-state index in [1.165, 1.54) is 16.8 Å². The van der Waals surface area contributed by atoms with Crippen molar-refractivity contribution in [3.05, 3.63) is 170 Å². The molecule has 0 aliphatic heterocycles. The van der Waals surface area contributed by atoms with Crippen LogP contribution in [-0.2, 0) is 0 Å². The summed E-state index contributed by atoms with van der Waals surface area (Å²) >= 11 is 1.72. The molecule has 0 atom stereocenters. The van der Waals surface area contributed by atoms with Crippen molar-refractivity contribution in [1.82, 2.24) is 19.5 Å². The number of benzene rings is 7. The first-order valence-corrected chi connectivity index (χ1v) is 17.0. The minimum Gasteiger partial charge on any atom is -0.309 e. The number of hydrogen-bond acceptors (Lipinski definition) is 4. The molecule has 0 amide bonds. The van der Waals surface area contributed by atoms with Crippen molar-refractivity contribution in [2.45, 2.75) is 0 Å². The molecular formula is C45H28N4S. The van der Waals surface area contributed by atoms with E-state index in [1.54, 1.807) is 15.9 Å². The Labute approximate surface area is 301 Å². The van der Waals surface area contributed by atoms with E-state index in [2.05, 4.69) is 18.2 Å². The normalized spacial score (nSPS) is 13.3. The van der Waals surface area contributed by atoms with Crippen molar-refractivity contribution >= 4 is 53.3 Å². The molecule has 0 fully saturated rings. The maximum Gasteiger partial charge on any atom is 0.164 e.